The molecule has 6 heteroatoms. The monoisotopic (exact) mass is 474 g/mol. The van der Waals surface area contributed by atoms with E-state index < -0.39 is 5.91 Å². The maximum Gasteiger partial charge on any atom is 0.275 e. The average Bonchev–Trinajstić information content (AvgIpc) is 2.80. The third kappa shape index (κ3) is 4.92. The van der Waals surface area contributed by atoms with Crippen molar-refractivity contribution in [1.29, 1.82) is 0 Å². The minimum atomic E-state index is -0.416. The maximum atomic E-state index is 12.8. The molecule has 5 nitrogen and oxygen atoms in total. The van der Waals surface area contributed by atoms with Crippen LogP contribution in [0.2, 0.25) is 0 Å². The van der Waals surface area contributed by atoms with Gasteiger partial charge in [0, 0.05) is 10.0 Å². The molecule has 0 atom stereocenters. The zero-order valence-electron chi connectivity index (χ0n) is 16.5. The van der Waals surface area contributed by atoms with Crippen LogP contribution in [0.25, 0.3) is 10.8 Å². The van der Waals surface area contributed by atoms with E-state index in [4.69, 9.17) is 4.74 Å². The normalized spacial score (nSPS) is 11.0. The Labute approximate surface area is 188 Å². The predicted molar refractivity (Wildman–Crippen MR) is 126 cm³/mol. The Morgan fingerprint density at radius 3 is 2.61 bits per heavy atom. The van der Waals surface area contributed by atoms with Crippen molar-refractivity contribution in [2.24, 2.45) is 5.10 Å². The number of amides is 1. The fourth-order valence-corrected chi connectivity index (χ4v) is 3.54. The van der Waals surface area contributed by atoms with Gasteiger partial charge in [0.1, 0.15) is 18.1 Å². The summed E-state index contributed by atoms with van der Waals surface area (Å²) in [4.78, 5) is 12.8. The van der Waals surface area contributed by atoms with E-state index in [2.05, 4.69) is 26.5 Å². The SMILES string of the molecule is O=C(N/N=C/c1c(O)ccc2ccccc12)c1cc(Br)ccc1OCc1ccccc1. The van der Waals surface area contributed by atoms with Crippen LogP contribution in [0.1, 0.15) is 21.5 Å². The van der Waals surface area contributed by atoms with E-state index in [1.54, 1.807) is 18.2 Å². The van der Waals surface area contributed by atoms with Crippen LogP contribution in [-0.2, 0) is 6.61 Å². The number of ether oxygens (including phenoxy) is 1. The summed E-state index contributed by atoms with van der Waals surface area (Å²) in [5.41, 5.74) is 4.41. The van der Waals surface area contributed by atoms with Crippen LogP contribution in [0.5, 0.6) is 11.5 Å². The summed E-state index contributed by atoms with van der Waals surface area (Å²) in [6.07, 6.45) is 1.44. The summed E-state index contributed by atoms with van der Waals surface area (Å²) in [5, 5.41) is 16.1. The van der Waals surface area contributed by atoms with Gasteiger partial charge >= 0.3 is 0 Å². The highest BCUT2D eigenvalue weighted by Gasteiger charge is 2.13. The molecule has 1 amide bonds. The number of nitrogens with one attached hydrogen (secondary N) is 1. The Hall–Kier alpha value is -3.64. The number of carbonyl (C=O) groups is 1. The van der Waals surface area contributed by atoms with Gasteiger partial charge in [0.25, 0.3) is 5.91 Å². The lowest BCUT2D eigenvalue weighted by atomic mass is 10.0. The molecule has 0 spiro atoms. The number of carbonyl (C=O) groups excluding carboxylic acids is 1. The van der Waals surface area contributed by atoms with Gasteiger partial charge in [-0.05, 0) is 40.6 Å². The molecule has 0 aliphatic carbocycles. The Bertz CT molecular complexity index is 1260. The van der Waals surface area contributed by atoms with Crippen LogP contribution in [0.4, 0.5) is 0 Å². The van der Waals surface area contributed by atoms with Crippen molar-refractivity contribution in [2.75, 3.05) is 0 Å². The molecule has 0 saturated carbocycles. The second-order valence-electron chi connectivity index (χ2n) is 6.83. The second-order valence-corrected chi connectivity index (χ2v) is 7.75. The highest BCUT2D eigenvalue weighted by Crippen LogP contribution is 2.26. The van der Waals surface area contributed by atoms with Crippen LogP contribution < -0.4 is 10.2 Å². The Kier molecular flexibility index (Phi) is 6.29. The molecule has 0 aromatic heterocycles. The molecule has 0 bridgehead atoms. The molecule has 0 saturated heterocycles. The first-order chi connectivity index (χ1) is 15.1. The number of nitrogens with zero attached hydrogens (tertiary/aromatic N) is 1. The van der Waals surface area contributed by atoms with Crippen molar-refractivity contribution in [2.45, 2.75) is 6.61 Å². The molecule has 0 radical (unpaired) electrons. The van der Waals surface area contributed by atoms with Gasteiger partial charge in [0.05, 0.1) is 11.8 Å². The molecule has 0 aliphatic rings. The zero-order valence-corrected chi connectivity index (χ0v) is 18.0. The molecule has 0 unspecified atom stereocenters. The molecule has 0 heterocycles. The highest BCUT2D eigenvalue weighted by atomic mass is 79.9. The van der Waals surface area contributed by atoms with Crippen LogP contribution in [0, 0.1) is 0 Å². The number of phenols is 1. The summed E-state index contributed by atoms with van der Waals surface area (Å²) in [6, 6.07) is 26.0. The number of halogens is 1. The molecule has 154 valence electrons. The van der Waals surface area contributed by atoms with Gasteiger partial charge in [-0.25, -0.2) is 5.43 Å². The number of aromatic hydroxyl groups is 1. The number of rotatable bonds is 6. The lowest BCUT2D eigenvalue weighted by Gasteiger charge is -2.11. The van der Waals surface area contributed by atoms with Gasteiger partial charge < -0.3 is 9.84 Å². The van der Waals surface area contributed by atoms with Crippen LogP contribution >= 0.6 is 15.9 Å². The van der Waals surface area contributed by atoms with Gasteiger partial charge in [-0.15, -0.1) is 0 Å². The minimum Gasteiger partial charge on any atom is -0.507 e. The van der Waals surface area contributed by atoms with Gasteiger partial charge in [-0.2, -0.15) is 5.10 Å². The quantitative estimate of drug-likeness (QED) is 0.280. The number of hydrazone groups is 1. The summed E-state index contributed by atoms with van der Waals surface area (Å²) in [6.45, 7) is 0.343. The Morgan fingerprint density at radius 1 is 1.00 bits per heavy atom. The summed E-state index contributed by atoms with van der Waals surface area (Å²) in [5.74, 6) is 0.124. The van der Waals surface area contributed by atoms with Gasteiger partial charge in [0.2, 0.25) is 0 Å². The van der Waals surface area contributed by atoms with E-state index >= 15 is 0 Å². The highest BCUT2D eigenvalue weighted by molar-refractivity contribution is 9.10. The maximum absolute atomic E-state index is 12.8. The van der Waals surface area contributed by atoms with E-state index in [1.165, 1.54) is 6.21 Å². The number of hydrogen-bond acceptors (Lipinski definition) is 4. The first-order valence-electron chi connectivity index (χ1n) is 9.62. The smallest absolute Gasteiger partial charge is 0.275 e. The lowest BCUT2D eigenvalue weighted by Crippen LogP contribution is -2.19. The third-order valence-electron chi connectivity index (χ3n) is 4.73. The number of hydrogen-bond donors (Lipinski definition) is 2. The fourth-order valence-electron chi connectivity index (χ4n) is 3.18. The van der Waals surface area contributed by atoms with E-state index in [-0.39, 0.29) is 5.75 Å². The number of phenolic OH excluding ortho intramolecular Hbond substituents is 1. The third-order valence-corrected chi connectivity index (χ3v) is 5.22. The second kappa shape index (κ2) is 9.45. The van der Waals surface area contributed by atoms with E-state index in [1.807, 2.05) is 66.7 Å². The summed E-state index contributed by atoms with van der Waals surface area (Å²) in [7, 11) is 0. The van der Waals surface area contributed by atoms with Crippen molar-refractivity contribution in [1.82, 2.24) is 5.43 Å². The lowest BCUT2D eigenvalue weighted by molar-refractivity contribution is 0.0950. The topological polar surface area (TPSA) is 70.9 Å². The molecular formula is C25H19BrN2O3. The van der Waals surface area contributed by atoms with Crippen LogP contribution in [0.3, 0.4) is 0 Å². The van der Waals surface area contributed by atoms with Crippen molar-refractivity contribution < 1.29 is 14.6 Å². The predicted octanol–water partition coefficient (Wildman–Crippen LogP) is 5.65. The molecule has 4 aromatic carbocycles. The Balaban J connectivity index is 1.53. The zero-order chi connectivity index (χ0) is 21.6. The molecular weight excluding hydrogens is 456 g/mol. The van der Waals surface area contributed by atoms with Crippen molar-refractivity contribution >= 4 is 38.8 Å². The summed E-state index contributed by atoms with van der Waals surface area (Å²) < 4.78 is 6.62. The molecule has 31 heavy (non-hydrogen) atoms. The standard InChI is InChI=1S/C25H19BrN2O3/c26-19-11-13-24(31-16-17-6-2-1-3-7-17)21(14-19)25(30)28-27-15-22-20-9-5-4-8-18(20)10-12-23(22)29/h1-15,29H,16H2,(H,28,30)/b27-15+. The fraction of sp³-hybridized carbons (Fsp3) is 0.0400. The molecule has 4 aromatic rings. The van der Waals surface area contributed by atoms with Crippen LogP contribution in [0.15, 0.2) is 94.5 Å². The number of fused-ring (bicyclic) bond motifs is 1. The summed E-state index contributed by atoms with van der Waals surface area (Å²) >= 11 is 3.40. The first kappa shape index (κ1) is 20.6. The minimum absolute atomic E-state index is 0.0889. The van der Waals surface area contributed by atoms with Gasteiger partial charge in [-0.1, -0.05) is 76.6 Å². The molecule has 4 rings (SSSR count). The van der Waals surface area contributed by atoms with Gasteiger partial charge in [0.15, 0.2) is 0 Å². The Morgan fingerprint density at radius 2 is 1.77 bits per heavy atom. The molecule has 0 fully saturated rings. The van der Waals surface area contributed by atoms with E-state index in [0.29, 0.717) is 23.5 Å². The van der Waals surface area contributed by atoms with Crippen molar-refractivity contribution in [3.05, 3.63) is 106 Å². The molecule has 2 N–H and O–H groups in total. The van der Waals surface area contributed by atoms with E-state index in [9.17, 15) is 9.90 Å². The first-order valence-corrected chi connectivity index (χ1v) is 10.4. The van der Waals surface area contributed by atoms with Crippen LogP contribution in [-0.4, -0.2) is 17.2 Å². The van der Waals surface area contributed by atoms with Crippen molar-refractivity contribution in [3.63, 3.8) is 0 Å². The largest absolute Gasteiger partial charge is 0.507 e. The number of benzene rings is 4. The average molecular weight is 475 g/mol. The van der Waals surface area contributed by atoms with Crippen molar-refractivity contribution in [3.8, 4) is 11.5 Å². The van der Waals surface area contributed by atoms with Gasteiger partial charge in [-0.3, -0.25) is 4.79 Å². The van der Waals surface area contributed by atoms with E-state index in [0.717, 1.165) is 20.8 Å². The molecule has 0 aliphatic heterocycles.